The molecule has 1 aliphatic heterocycles. The molecule has 1 saturated heterocycles. The number of ether oxygens (including phenoxy) is 1. The van der Waals surface area contributed by atoms with E-state index in [9.17, 15) is 22.4 Å². The highest BCUT2D eigenvalue weighted by molar-refractivity contribution is 7.89. The van der Waals surface area contributed by atoms with Crippen molar-refractivity contribution in [1.82, 2.24) is 4.31 Å². The molecule has 0 saturated carbocycles. The molecule has 2 aromatic rings. The lowest BCUT2D eigenvalue weighted by molar-refractivity contribution is -0.120. The quantitative estimate of drug-likeness (QED) is 0.655. The minimum atomic E-state index is -3.81. The van der Waals surface area contributed by atoms with Crippen LogP contribution in [-0.2, 0) is 19.6 Å². The second-order valence-electron chi connectivity index (χ2n) is 7.36. The lowest BCUT2D eigenvalue weighted by Crippen LogP contribution is -2.43. The van der Waals surface area contributed by atoms with Gasteiger partial charge in [-0.25, -0.2) is 17.6 Å². The van der Waals surface area contributed by atoms with Gasteiger partial charge in [-0.15, -0.1) is 0 Å². The first kappa shape index (κ1) is 22.9. The molecule has 0 bridgehead atoms. The van der Waals surface area contributed by atoms with Crippen LogP contribution in [0.5, 0.6) is 0 Å². The second kappa shape index (κ2) is 10.0. The fourth-order valence-electron chi connectivity index (χ4n) is 3.34. The van der Waals surface area contributed by atoms with Crippen LogP contribution in [0.2, 0.25) is 0 Å². The summed E-state index contributed by atoms with van der Waals surface area (Å²) >= 11 is 0. The maximum atomic E-state index is 13.1. The van der Waals surface area contributed by atoms with Gasteiger partial charge in [0.15, 0.2) is 0 Å². The molecule has 1 unspecified atom stereocenters. The van der Waals surface area contributed by atoms with Gasteiger partial charge in [0.25, 0.3) is 0 Å². The smallest absolute Gasteiger partial charge is 0.338 e. The van der Waals surface area contributed by atoms with E-state index >= 15 is 0 Å². The first-order valence-electron chi connectivity index (χ1n) is 10.1. The first-order chi connectivity index (χ1) is 14.8. The minimum absolute atomic E-state index is 0.000469. The van der Waals surface area contributed by atoms with Gasteiger partial charge in [-0.2, -0.15) is 4.31 Å². The fraction of sp³-hybridized carbons (Fsp3) is 0.364. The van der Waals surface area contributed by atoms with Crippen molar-refractivity contribution >= 4 is 27.6 Å². The van der Waals surface area contributed by atoms with Gasteiger partial charge in [-0.1, -0.05) is 6.92 Å². The van der Waals surface area contributed by atoms with Gasteiger partial charge in [0.2, 0.25) is 15.9 Å². The van der Waals surface area contributed by atoms with Crippen molar-refractivity contribution in [2.24, 2.45) is 5.92 Å². The Hall–Kier alpha value is -2.78. The first-order valence-corrected chi connectivity index (χ1v) is 11.6. The van der Waals surface area contributed by atoms with E-state index in [-0.39, 0.29) is 17.3 Å². The maximum absolute atomic E-state index is 13.1. The Morgan fingerprint density at radius 3 is 2.45 bits per heavy atom. The summed E-state index contributed by atoms with van der Waals surface area (Å²) < 4.78 is 45.1. The monoisotopic (exact) mass is 448 g/mol. The summed E-state index contributed by atoms with van der Waals surface area (Å²) in [5.74, 6) is -1.74. The summed E-state index contributed by atoms with van der Waals surface area (Å²) in [7, 11) is -3.81. The lowest BCUT2D eigenvalue weighted by Gasteiger charge is -2.31. The van der Waals surface area contributed by atoms with Crippen molar-refractivity contribution in [2.75, 3.05) is 25.0 Å². The molecule has 1 heterocycles. The van der Waals surface area contributed by atoms with E-state index in [2.05, 4.69) is 5.32 Å². The van der Waals surface area contributed by atoms with Crippen LogP contribution < -0.4 is 5.32 Å². The van der Waals surface area contributed by atoms with Crippen LogP contribution in [0.3, 0.4) is 0 Å². The van der Waals surface area contributed by atoms with Gasteiger partial charge in [0.1, 0.15) is 5.82 Å². The van der Waals surface area contributed by atoms with Gasteiger partial charge in [0.05, 0.1) is 23.0 Å². The van der Waals surface area contributed by atoms with Gasteiger partial charge in [-0.05, 0) is 67.8 Å². The highest BCUT2D eigenvalue weighted by atomic mass is 32.2. The number of hydrogen-bond acceptors (Lipinski definition) is 5. The number of sulfonamides is 1. The van der Waals surface area contributed by atoms with E-state index in [0.29, 0.717) is 37.2 Å². The fourth-order valence-corrected chi connectivity index (χ4v) is 4.87. The number of halogens is 1. The molecule has 1 amide bonds. The molecule has 2 aromatic carbocycles. The number of nitrogens with one attached hydrogen (secondary N) is 1. The largest absolute Gasteiger partial charge is 0.462 e. The molecule has 9 heteroatoms. The number of nitrogens with zero attached hydrogens (tertiary/aromatic N) is 1. The van der Waals surface area contributed by atoms with E-state index < -0.39 is 27.7 Å². The Kier molecular flexibility index (Phi) is 7.40. The zero-order chi connectivity index (χ0) is 22.4. The third-order valence-electron chi connectivity index (χ3n) is 5.03. The number of esters is 1. The predicted molar refractivity (Wildman–Crippen MR) is 114 cm³/mol. The van der Waals surface area contributed by atoms with E-state index in [0.717, 1.165) is 18.6 Å². The Morgan fingerprint density at radius 1 is 1.13 bits per heavy atom. The Labute approximate surface area is 181 Å². The number of rotatable bonds is 7. The zero-order valence-electron chi connectivity index (χ0n) is 17.2. The average Bonchev–Trinajstić information content (AvgIpc) is 2.78. The SMILES string of the molecule is CCCOC(=O)c1ccc(NC(=O)C2CCCN(S(=O)(=O)c3ccc(F)cc3)C2)cc1. The highest BCUT2D eigenvalue weighted by Crippen LogP contribution is 2.25. The van der Waals surface area contributed by atoms with Crippen LogP contribution in [0.25, 0.3) is 0 Å². The topological polar surface area (TPSA) is 92.8 Å². The predicted octanol–water partition coefficient (Wildman–Crippen LogP) is 3.43. The van der Waals surface area contributed by atoms with Gasteiger partial charge in [0, 0.05) is 18.8 Å². The summed E-state index contributed by atoms with van der Waals surface area (Å²) in [6, 6.07) is 11.0. The molecule has 3 rings (SSSR count). The Bertz CT molecular complexity index is 1020. The molecule has 0 aliphatic carbocycles. The summed E-state index contributed by atoms with van der Waals surface area (Å²) in [6.45, 7) is 2.60. The number of amides is 1. The molecule has 1 N–H and O–H groups in total. The van der Waals surface area contributed by atoms with Crippen molar-refractivity contribution in [3.8, 4) is 0 Å². The molecule has 7 nitrogen and oxygen atoms in total. The number of hydrogen-bond donors (Lipinski definition) is 1. The molecule has 0 aromatic heterocycles. The molecular weight excluding hydrogens is 423 g/mol. The van der Waals surface area contributed by atoms with Gasteiger partial charge < -0.3 is 10.1 Å². The summed E-state index contributed by atoms with van der Waals surface area (Å²) in [6.07, 6.45) is 1.83. The Morgan fingerprint density at radius 2 is 1.81 bits per heavy atom. The molecule has 0 spiro atoms. The van der Waals surface area contributed by atoms with E-state index in [1.54, 1.807) is 24.3 Å². The van der Waals surface area contributed by atoms with Gasteiger partial charge >= 0.3 is 5.97 Å². The number of carbonyl (C=O) groups excluding carboxylic acids is 2. The zero-order valence-corrected chi connectivity index (χ0v) is 18.0. The van der Waals surface area contributed by atoms with Crippen molar-refractivity contribution in [3.63, 3.8) is 0 Å². The van der Waals surface area contributed by atoms with Crippen LogP contribution in [0.15, 0.2) is 53.4 Å². The maximum Gasteiger partial charge on any atom is 0.338 e. The molecule has 31 heavy (non-hydrogen) atoms. The third kappa shape index (κ3) is 5.68. The van der Waals surface area contributed by atoms with E-state index in [1.807, 2.05) is 6.92 Å². The standard InChI is InChI=1S/C22H25FN2O5S/c1-2-14-30-22(27)16-5-9-19(10-6-16)24-21(26)17-4-3-13-25(15-17)31(28,29)20-11-7-18(23)8-12-20/h5-12,17H,2-4,13-15H2,1H3,(H,24,26). The second-order valence-corrected chi connectivity index (χ2v) is 9.30. The molecular formula is C22H25FN2O5S. The van der Waals surface area contributed by atoms with E-state index in [4.69, 9.17) is 4.74 Å². The molecule has 0 radical (unpaired) electrons. The van der Waals surface area contributed by atoms with Crippen molar-refractivity contribution in [1.29, 1.82) is 0 Å². The van der Waals surface area contributed by atoms with E-state index in [1.165, 1.54) is 16.4 Å². The van der Waals surface area contributed by atoms with Crippen molar-refractivity contribution in [3.05, 3.63) is 59.9 Å². The Balaban J connectivity index is 1.63. The molecule has 166 valence electrons. The lowest BCUT2D eigenvalue weighted by atomic mass is 9.98. The minimum Gasteiger partial charge on any atom is -0.462 e. The number of carbonyl (C=O) groups is 2. The van der Waals surface area contributed by atoms with Crippen LogP contribution in [0, 0.1) is 11.7 Å². The van der Waals surface area contributed by atoms with Crippen LogP contribution in [0.1, 0.15) is 36.5 Å². The van der Waals surface area contributed by atoms with Crippen LogP contribution in [-0.4, -0.2) is 44.3 Å². The van der Waals surface area contributed by atoms with Crippen molar-refractivity contribution < 1.29 is 27.1 Å². The molecule has 1 fully saturated rings. The van der Waals surface area contributed by atoms with Crippen molar-refractivity contribution in [2.45, 2.75) is 31.1 Å². The summed E-state index contributed by atoms with van der Waals surface area (Å²) in [4.78, 5) is 24.6. The number of piperidine rings is 1. The highest BCUT2D eigenvalue weighted by Gasteiger charge is 2.33. The van der Waals surface area contributed by atoms with Gasteiger partial charge in [-0.3, -0.25) is 4.79 Å². The summed E-state index contributed by atoms with van der Waals surface area (Å²) in [5.41, 5.74) is 0.899. The number of benzene rings is 2. The normalized spacial score (nSPS) is 17.2. The molecule has 1 aliphatic rings. The molecule has 1 atom stereocenters. The third-order valence-corrected chi connectivity index (χ3v) is 6.91. The van der Waals surface area contributed by atoms with Crippen LogP contribution >= 0.6 is 0 Å². The van der Waals surface area contributed by atoms with Crippen LogP contribution in [0.4, 0.5) is 10.1 Å². The summed E-state index contributed by atoms with van der Waals surface area (Å²) in [5, 5.41) is 2.78. The number of anilines is 1. The average molecular weight is 449 g/mol.